The highest BCUT2D eigenvalue weighted by Gasteiger charge is 2.09. The number of nitrogens with zero attached hydrogens (tertiary/aromatic N) is 2. The first-order valence-electron chi connectivity index (χ1n) is 11.3. The van der Waals surface area contributed by atoms with E-state index in [0.717, 1.165) is 52.3 Å². The molecule has 0 amide bonds. The zero-order chi connectivity index (χ0) is 21.2. The van der Waals surface area contributed by atoms with E-state index < -0.39 is 0 Å². The topological polar surface area (TPSA) is 35.0 Å². The molecule has 0 aliphatic rings. The summed E-state index contributed by atoms with van der Waals surface area (Å²) < 4.78 is 5.84. The number of hydrogen-bond acceptors (Lipinski definition) is 4. The van der Waals surface area contributed by atoms with E-state index in [1.165, 1.54) is 37.7 Å². The van der Waals surface area contributed by atoms with Gasteiger partial charge in [0.05, 0.1) is 6.61 Å². The first-order chi connectivity index (χ1) is 14.7. The second kappa shape index (κ2) is 11.8. The summed E-state index contributed by atoms with van der Waals surface area (Å²) in [6, 6.07) is 17.0. The van der Waals surface area contributed by atoms with Gasteiger partial charge >= 0.3 is 0 Å². The molecule has 160 valence electrons. The number of aryl methyl sites for hydroxylation is 1. The second-order valence-corrected chi connectivity index (χ2v) is 9.31. The molecule has 0 spiro atoms. The van der Waals surface area contributed by atoms with Crippen molar-refractivity contribution in [1.82, 2.24) is 10.2 Å². The van der Waals surface area contributed by atoms with Crippen LogP contribution < -0.4 is 4.74 Å². The third-order valence-corrected chi connectivity index (χ3v) is 6.26. The van der Waals surface area contributed by atoms with Crippen LogP contribution >= 0.6 is 11.3 Å². The predicted octanol–water partition coefficient (Wildman–Crippen LogP) is 7.81. The summed E-state index contributed by atoms with van der Waals surface area (Å²) in [4.78, 5) is 0. The Bertz CT molecular complexity index is 869. The molecule has 3 rings (SSSR count). The number of ether oxygens (including phenoxy) is 1. The van der Waals surface area contributed by atoms with Crippen LogP contribution in [0.3, 0.4) is 0 Å². The lowest BCUT2D eigenvalue weighted by Crippen LogP contribution is -1.96. The van der Waals surface area contributed by atoms with E-state index in [1.54, 1.807) is 11.3 Å². The Morgan fingerprint density at radius 2 is 1.43 bits per heavy atom. The van der Waals surface area contributed by atoms with Gasteiger partial charge in [0.2, 0.25) is 0 Å². The molecule has 1 aromatic heterocycles. The maximum absolute atomic E-state index is 5.84. The van der Waals surface area contributed by atoms with E-state index in [9.17, 15) is 0 Å². The van der Waals surface area contributed by atoms with Gasteiger partial charge in [-0.15, -0.1) is 10.2 Å². The molecular weight excluding hydrogens is 388 g/mol. The molecule has 30 heavy (non-hydrogen) atoms. The molecule has 0 bridgehead atoms. The third-order valence-electron chi connectivity index (χ3n) is 5.24. The summed E-state index contributed by atoms with van der Waals surface area (Å²) in [5, 5.41) is 10.7. The van der Waals surface area contributed by atoms with Crippen molar-refractivity contribution < 1.29 is 4.74 Å². The van der Waals surface area contributed by atoms with Gasteiger partial charge < -0.3 is 4.74 Å². The van der Waals surface area contributed by atoms with E-state index in [4.69, 9.17) is 4.74 Å². The number of aromatic nitrogens is 2. The maximum atomic E-state index is 5.84. The van der Waals surface area contributed by atoms with Crippen molar-refractivity contribution in [2.75, 3.05) is 6.61 Å². The third kappa shape index (κ3) is 6.94. The van der Waals surface area contributed by atoms with Gasteiger partial charge in [-0.05, 0) is 55.0 Å². The Hall–Kier alpha value is -2.20. The molecule has 0 radical (unpaired) electrons. The molecule has 0 atom stereocenters. The standard InChI is InChI=1S/C26H34N2OS/c1-4-5-6-7-19-29-24-17-15-23(16-18-24)26-28-27-25(30-26)22-13-11-21(12-14-22)10-8-9-20(2)3/h11-18,20H,4-10,19H2,1-3H3. The molecule has 0 unspecified atom stereocenters. The summed E-state index contributed by atoms with van der Waals surface area (Å²) in [5.74, 6) is 1.70. The van der Waals surface area contributed by atoms with Gasteiger partial charge in [-0.25, -0.2) is 0 Å². The van der Waals surface area contributed by atoms with Crippen LogP contribution in [0.2, 0.25) is 0 Å². The fraction of sp³-hybridized carbons (Fsp3) is 0.462. The predicted molar refractivity (Wildman–Crippen MR) is 128 cm³/mol. The zero-order valence-electron chi connectivity index (χ0n) is 18.6. The van der Waals surface area contributed by atoms with Crippen molar-refractivity contribution in [2.45, 2.75) is 65.7 Å². The minimum atomic E-state index is 0.774. The van der Waals surface area contributed by atoms with E-state index in [2.05, 4.69) is 67.4 Å². The smallest absolute Gasteiger partial charge is 0.148 e. The van der Waals surface area contributed by atoms with Crippen molar-refractivity contribution in [3.63, 3.8) is 0 Å². The molecule has 1 heterocycles. The largest absolute Gasteiger partial charge is 0.494 e. The van der Waals surface area contributed by atoms with E-state index >= 15 is 0 Å². The Balaban J connectivity index is 1.55. The van der Waals surface area contributed by atoms with Gasteiger partial charge in [0.25, 0.3) is 0 Å². The fourth-order valence-electron chi connectivity index (χ4n) is 3.40. The molecule has 3 nitrogen and oxygen atoms in total. The molecule has 0 aliphatic heterocycles. The highest BCUT2D eigenvalue weighted by Crippen LogP contribution is 2.31. The number of rotatable bonds is 12. The van der Waals surface area contributed by atoms with Crippen LogP contribution in [0.5, 0.6) is 5.75 Å². The average Bonchev–Trinajstić information content (AvgIpc) is 3.25. The highest BCUT2D eigenvalue weighted by molar-refractivity contribution is 7.17. The van der Waals surface area contributed by atoms with Crippen LogP contribution in [0.1, 0.15) is 64.9 Å². The van der Waals surface area contributed by atoms with E-state index in [1.807, 2.05) is 12.1 Å². The Labute approximate surface area is 185 Å². The molecule has 0 aliphatic carbocycles. The van der Waals surface area contributed by atoms with Crippen molar-refractivity contribution >= 4 is 11.3 Å². The molecular formula is C26H34N2OS. The van der Waals surface area contributed by atoms with E-state index in [-0.39, 0.29) is 0 Å². The first-order valence-corrected chi connectivity index (χ1v) is 12.1. The maximum Gasteiger partial charge on any atom is 0.148 e. The lowest BCUT2D eigenvalue weighted by molar-refractivity contribution is 0.305. The van der Waals surface area contributed by atoms with Crippen LogP contribution in [-0.4, -0.2) is 16.8 Å². The molecule has 0 saturated carbocycles. The number of benzene rings is 2. The lowest BCUT2D eigenvalue weighted by atomic mass is 10.0. The van der Waals surface area contributed by atoms with Gasteiger partial charge in [0.1, 0.15) is 15.8 Å². The summed E-state index contributed by atoms with van der Waals surface area (Å²) in [7, 11) is 0. The Kier molecular flexibility index (Phi) is 8.88. The SMILES string of the molecule is CCCCCCOc1ccc(-c2nnc(-c3ccc(CCCC(C)C)cc3)s2)cc1. The molecule has 0 N–H and O–H groups in total. The van der Waals surface area contributed by atoms with Crippen LogP contribution in [0.4, 0.5) is 0 Å². The molecule has 0 fully saturated rings. The number of unbranched alkanes of at least 4 members (excludes halogenated alkanes) is 3. The van der Waals surface area contributed by atoms with Gasteiger partial charge in [-0.1, -0.05) is 82.1 Å². The number of hydrogen-bond donors (Lipinski definition) is 0. The Morgan fingerprint density at radius 3 is 2.03 bits per heavy atom. The van der Waals surface area contributed by atoms with E-state index in [0.29, 0.717) is 0 Å². The van der Waals surface area contributed by atoms with Gasteiger partial charge in [-0.3, -0.25) is 0 Å². The van der Waals surface area contributed by atoms with Gasteiger partial charge in [0.15, 0.2) is 0 Å². The normalized spacial score (nSPS) is 11.2. The monoisotopic (exact) mass is 422 g/mol. The van der Waals surface area contributed by atoms with Crippen molar-refractivity contribution in [2.24, 2.45) is 5.92 Å². The molecule has 2 aromatic carbocycles. The quantitative estimate of drug-likeness (QED) is 0.279. The summed E-state index contributed by atoms with van der Waals surface area (Å²) >= 11 is 1.64. The van der Waals surface area contributed by atoms with Gasteiger partial charge in [0, 0.05) is 11.1 Å². The van der Waals surface area contributed by atoms with Crippen LogP contribution in [0.25, 0.3) is 21.1 Å². The van der Waals surface area contributed by atoms with Crippen LogP contribution in [-0.2, 0) is 6.42 Å². The Morgan fingerprint density at radius 1 is 0.800 bits per heavy atom. The van der Waals surface area contributed by atoms with Crippen molar-refractivity contribution in [3.05, 3.63) is 54.1 Å². The van der Waals surface area contributed by atoms with Crippen molar-refractivity contribution in [3.8, 4) is 26.9 Å². The second-order valence-electron chi connectivity index (χ2n) is 8.33. The molecule has 4 heteroatoms. The lowest BCUT2D eigenvalue weighted by Gasteiger charge is -2.06. The summed E-state index contributed by atoms with van der Waals surface area (Å²) in [6.07, 6.45) is 8.56. The van der Waals surface area contributed by atoms with Crippen LogP contribution in [0.15, 0.2) is 48.5 Å². The zero-order valence-corrected chi connectivity index (χ0v) is 19.4. The van der Waals surface area contributed by atoms with Crippen LogP contribution in [0, 0.1) is 5.92 Å². The van der Waals surface area contributed by atoms with Gasteiger partial charge in [-0.2, -0.15) is 0 Å². The summed E-state index contributed by atoms with van der Waals surface area (Å²) in [6.45, 7) is 7.58. The van der Waals surface area contributed by atoms with Crippen molar-refractivity contribution in [1.29, 1.82) is 0 Å². The minimum Gasteiger partial charge on any atom is -0.494 e. The summed E-state index contributed by atoms with van der Waals surface area (Å²) in [5.41, 5.74) is 3.62. The average molecular weight is 423 g/mol. The minimum absolute atomic E-state index is 0.774. The molecule has 3 aromatic rings. The molecule has 0 saturated heterocycles. The first kappa shape index (κ1) is 22.5. The highest BCUT2D eigenvalue weighted by atomic mass is 32.1. The fourth-order valence-corrected chi connectivity index (χ4v) is 4.25.